The second kappa shape index (κ2) is 5.61. The molecule has 0 amide bonds. The predicted octanol–water partition coefficient (Wildman–Crippen LogP) is 2.34. The van der Waals surface area contributed by atoms with Gasteiger partial charge < -0.3 is 5.11 Å². The summed E-state index contributed by atoms with van der Waals surface area (Å²) in [4.78, 5) is 10.8. The molecule has 0 aromatic heterocycles. The molecular weight excluding hydrogens is 209 g/mol. The highest BCUT2D eigenvalue weighted by Gasteiger charge is 2.17. The largest absolute Gasteiger partial charge is 0.480 e. The molecule has 1 aromatic carbocycles. The minimum Gasteiger partial charge on any atom is -0.480 e. The van der Waals surface area contributed by atoms with Crippen molar-refractivity contribution in [3.8, 4) is 0 Å². The van der Waals surface area contributed by atoms with Crippen LogP contribution in [0.4, 0.5) is 4.39 Å². The zero-order valence-electron chi connectivity index (χ0n) is 9.40. The van der Waals surface area contributed by atoms with Crippen LogP contribution in [0.5, 0.6) is 0 Å². The molecule has 2 atom stereocenters. The number of rotatable bonds is 5. The molecule has 0 aliphatic heterocycles. The SMILES string of the molecule is CCC(N[C@H](C)c1cccc(F)c1)C(=O)O. The van der Waals surface area contributed by atoms with E-state index in [9.17, 15) is 9.18 Å². The maximum absolute atomic E-state index is 13.0. The number of hydrogen-bond donors (Lipinski definition) is 2. The van der Waals surface area contributed by atoms with Gasteiger partial charge in [0.1, 0.15) is 11.9 Å². The van der Waals surface area contributed by atoms with E-state index in [4.69, 9.17) is 5.11 Å². The number of carboxylic acids is 1. The summed E-state index contributed by atoms with van der Waals surface area (Å²) >= 11 is 0. The molecule has 0 aliphatic rings. The number of halogens is 1. The van der Waals surface area contributed by atoms with E-state index in [2.05, 4.69) is 5.32 Å². The summed E-state index contributed by atoms with van der Waals surface area (Å²) in [7, 11) is 0. The Morgan fingerprint density at radius 3 is 2.75 bits per heavy atom. The van der Waals surface area contributed by atoms with Crippen molar-refractivity contribution in [2.24, 2.45) is 0 Å². The summed E-state index contributed by atoms with van der Waals surface area (Å²) in [5.74, 6) is -1.19. The van der Waals surface area contributed by atoms with E-state index in [0.717, 1.165) is 5.56 Å². The summed E-state index contributed by atoms with van der Waals surface area (Å²) in [5.41, 5.74) is 0.750. The van der Waals surface area contributed by atoms with Gasteiger partial charge in [0.2, 0.25) is 0 Å². The number of nitrogens with one attached hydrogen (secondary N) is 1. The monoisotopic (exact) mass is 225 g/mol. The molecule has 0 aliphatic carbocycles. The quantitative estimate of drug-likeness (QED) is 0.808. The lowest BCUT2D eigenvalue weighted by molar-refractivity contribution is -0.139. The first-order valence-electron chi connectivity index (χ1n) is 5.29. The van der Waals surface area contributed by atoms with Crippen LogP contribution in [0.2, 0.25) is 0 Å². The summed E-state index contributed by atoms with van der Waals surface area (Å²) < 4.78 is 13.0. The van der Waals surface area contributed by atoms with E-state index < -0.39 is 12.0 Å². The lowest BCUT2D eigenvalue weighted by Crippen LogP contribution is -2.37. The highest BCUT2D eigenvalue weighted by Crippen LogP contribution is 2.14. The van der Waals surface area contributed by atoms with E-state index in [1.165, 1.54) is 12.1 Å². The van der Waals surface area contributed by atoms with E-state index in [-0.39, 0.29) is 11.9 Å². The van der Waals surface area contributed by atoms with Crippen molar-refractivity contribution < 1.29 is 14.3 Å². The van der Waals surface area contributed by atoms with Crippen molar-refractivity contribution in [2.75, 3.05) is 0 Å². The van der Waals surface area contributed by atoms with Gasteiger partial charge in [-0.05, 0) is 31.0 Å². The van der Waals surface area contributed by atoms with E-state index in [0.29, 0.717) is 6.42 Å². The average molecular weight is 225 g/mol. The standard InChI is InChI=1S/C12H16FNO2/c1-3-11(12(15)16)14-8(2)9-5-4-6-10(13)7-9/h4-8,11,14H,3H2,1-2H3,(H,15,16)/t8-,11?/m1/s1. The Balaban J connectivity index is 2.71. The number of hydrogen-bond acceptors (Lipinski definition) is 2. The van der Waals surface area contributed by atoms with Gasteiger partial charge in [-0.15, -0.1) is 0 Å². The number of carboxylic acid groups (broad SMARTS) is 1. The van der Waals surface area contributed by atoms with Gasteiger partial charge in [0, 0.05) is 6.04 Å². The molecule has 0 fully saturated rings. The van der Waals surface area contributed by atoms with E-state index >= 15 is 0 Å². The van der Waals surface area contributed by atoms with Crippen molar-refractivity contribution in [1.82, 2.24) is 5.32 Å². The number of aliphatic carboxylic acids is 1. The maximum atomic E-state index is 13.0. The van der Waals surface area contributed by atoms with Crippen molar-refractivity contribution >= 4 is 5.97 Å². The first kappa shape index (κ1) is 12.6. The Morgan fingerprint density at radius 1 is 1.56 bits per heavy atom. The molecule has 0 radical (unpaired) electrons. The lowest BCUT2D eigenvalue weighted by atomic mass is 10.1. The lowest BCUT2D eigenvalue weighted by Gasteiger charge is -2.19. The van der Waals surface area contributed by atoms with Crippen molar-refractivity contribution in [3.05, 3.63) is 35.6 Å². The fraction of sp³-hybridized carbons (Fsp3) is 0.417. The van der Waals surface area contributed by atoms with Crippen LogP contribution in [-0.2, 0) is 4.79 Å². The summed E-state index contributed by atoms with van der Waals surface area (Å²) in [6.45, 7) is 3.62. The highest BCUT2D eigenvalue weighted by molar-refractivity contribution is 5.73. The van der Waals surface area contributed by atoms with Crippen LogP contribution in [0.25, 0.3) is 0 Å². The van der Waals surface area contributed by atoms with Crippen LogP contribution in [-0.4, -0.2) is 17.1 Å². The van der Waals surface area contributed by atoms with Gasteiger partial charge in [0.15, 0.2) is 0 Å². The van der Waals surface area contributed by atoms with E-state index in [1.54, 1.807) is 19.1 Å². The van der Waals surface area contributed by atoms with Crippen LogP contribution in [0.15, 0.2) is 24.3 Å². The van der Waals surface area contributed by atoms with Gasteiger partial charge in [-0.1, -0.05) is 19.1 Å². The van der Waals surface area contributed by atoms with Gasteiger partial charge in [-0.3, -0.25) is 10.1 Å². The van der Waals surface area contributed by atoms with Crippen LogP contribution < -0.4 is 5.32 Å². The molecule has 88 valence electrons. The third kappa shape index (κ3) is 3.31. The highest BCUT2D eigenvalue weighted by atomic mass is 19.1. The summed E-state index contributed by atoms with van der Waals surface area (Å²) in [6, 6.07) is 5.38. The molecule has 2 N–H and O–H groups in total. The van der Waals surface area contributed by atoms with Crippen LogP contribution in [0.3, 0.4) is 0 Å². The normalized spacial score (nSPS) is 14.4. The molecule has 0 bridgehead atoms. The maximum Gasteiger partial charge on any atom is 0.320 e. The molecule has 4 heteroatoms. The molecule has 0 heterocycles. The molecule has 0 saturated carbocycles. The molecule has 16 heavy (non-hydrogen) atoms. The Labute approximate surface area is 94.3 Å². The Hall–Kier alpha value is -1.42. The molecule has 3 nitrogen and oxygen atoms in total. The Kier molecular flexibility index (Phi) is 4.43. The minimum atomic E-state index is -0.884. The third-order valence-corrected chi connectivity index (χ3v) is 2.51. The van der Waals surface area contributed by atoms with Gasteiger partial charge in [-0.2, -0.15) is 0 Å². The van der Waals surface area contributed by atoms with E-state index in [1.807, 2.05) is 6.92 Å². The number of carbonyl (C=O) groups is 1. The second-order valence-electron chi connectivity index (χ2n) is 3.74. The molecular formula is C12H16FNO2. The van der Waals surface area contributed by atoms with Crippen molar-refractivity contribution in [1.29, 1.82) is 0 Å². The topological polar surface area (TPSA) is 49.3 Å². The smallest absolute Gasteiger partial charge is 0.320 e. The average Bonchev–Trinajstić information content (AvgIpc) is 2.25. The molecule has 0 spiro atoms. The fourth-order valence-electron chi connectivity index (χ4n) is 1.54. The first-order valence-corrected chi connectivity index (χ1v) is 5.29. The Bertz CT molecular complexity index is 368. The third-order valence-electron chi connectivity index (χ3n) is 2.51. The van der Waals surface area contributed by atoms with Crippen LogP contribution >= 0.6 is 0 Å². The zero-order chi connectivity index (χ0) is 12.1. The van der Waals surface area contributed by atoms with Crippen molar-refractivity contribution in [3.63, 3.8) is 0 Å². The molecule has 1 rings (SSSR count). The van der Waals surface area contributed by atoms with Crippen LogP contribution in [0.1, 0.15) is 31.9 Å². The minimum absolute atomic E-state index is 0.184. The molecule has 1 aromatic rings. The first-order chi connectivity index (χ1) is 7.54. The second-order valence-corrected chi connectivity index (χ2v) is 3.74. The fourth-order valence-corrected chi connectivity index (χ4v) is 1.54. The molecule has 1 unspecified atom stereocenters. The van der Waals surface area contributed by atoms with Gasteiger partial charge in [0.05, 0.1) is 0 Å². The summed E-state index contributed by atoms with van der Waals surface area (Å²) in [6.07, 6.45) is 0.495. The van der Waals surface area contributed by atoms with Crippen LogP contribution in [0, 0.1) is 5.82 Å². The Morgan fingerprint density at radius 2 is 2.25 bits per heavy atom. The summed E-state index contributed by atoms with van der Waals surface area (Å²) in [5, 5.41) is 11.8. The zero-order valence-corrected chi connectivity index (χ0v) is 9.40. The van der Waals surface area contributed by atoms with Gasteiger partial charge in [-0.25, -0.2) is 4.39 Å². The van der Waals surface area contributed by atoms with Gasteiger partial charge in [0.25, 0.3) is 0 Å². The van der Waals surface area contributed by atoms with Gasteiger partial charge >= 0.3 is 5.97 Å². The predicted molar refractivity (Wildman–Crippen MR) is 59.7 cm³/mol. The molecule has 0 saturated heterocycles. The van der Waals surface area contributed by atoms with Crippen molar-refractivity contribution in [2.45, 2.75) is 32.4 Å². The number of benzene rings is 1.